The van der Waals surface area contributed by atoms with Crippen LogP contribution in [0.2, 0.25) is 0 Å². The second-order valence-electron chi connectivity index (χ2n) is 5.59. The minimum atomic E-state index is -0.742. The van der Waals surface area contributed by atoms with E-state index < -0.39 is 22.6 Å². The van der Waals surface area contributed by atoms with Crippen LogP contribution >= 0.6 is 11.3 Å². The predicted octanol–water partition coefficient (Wildman–Crippen LogP) is 3.05. The van der Waals surface area contributed by atoms with Crippen LogP contribution in [-0.2, 0) is 16.1 Å². The molecule has 1 amide bonds. The molecule has 0 aliphatic rings. The number of hydrogen-bond acceptors (Lipinski definition) is 6. The number of nitro benzene ring substituents is 1. The van der Waals surface area contributed by atoms with Crippen molar-refractivity contribution >= 4 is 39.1 Å². The Morgan fingerprint density at radius 3 is 2.75 bits per heavy atom. The lowest BCUT2D eigenvalue weighted by atomic mass is 10.2. The van der Waals surface area contributed by atoms with E-state index in [1.54, 1.807) is 13.0 Å². The highest BCUT2D eigenvalue weighted by atomic mass is 32.1. The van der Waals surface area contributed by atoms with Gasteiger partial charge in [-0.2, -0.15) is 4.99 Å². The van der Waals surface area contributed by atoms with Crippen molar-refractivity contribution < 1.29 is 23.6 Å². The van der Waals surface area contributed by atoms with Crippen LogP contribution in [0, 0.1) is 15.9 Å². The number of non-ortho nitro benzene ring substituents is 1. The second-order valence-corrected chi connectivity index (χ2v) is 6.60. The molecule has 0 fully saturated rings. The Labute approximate surface area is 161 Å². The van der Waals surface area contributed by atoms with Crippen molar-refractivity contribution in [2.75, 3.05) is 6.61 Å². The number of hydrogen-bond donors (Lipinski definition) is 0. The van der Waals surface area contributed by atoms with Crippen molar-refractivity contribution in [1.82, 2.24) is 4.57 Å². The third-order valence-electron chi connectivity index (χ3n) is 3.75. The maximum absolute atomic E-state index is 14.3. The SMILES string of the molecule is CCOC(=O)Cn1c(=NC(=O)c2cccc([N+](=O)[O-])c2)sc2cccc(F)c21. The lowest BCUT2D eigenvalue weighted by Crippen LogP contribution is -2.23. The molecule has 0 unspecified atom stereocenters. The molecule has 0 atom stereocenters. The lowest BCUT2D eigenvalue weighted by Gasteiger charge is -2.05. The van der Waals surface area contributed by atoms with E-state index in [-0.39, 0.29) is 34.7 Å². The largest absolute Gasteiger partial charge is 0.465 e. The maximum Gasteiger partial charge on any atom is 0.326 e. The van der Waals surface area contributed by atoms with Crippen LogP contribution in [0.15, 0.2) is 47.5 Å². The molecule has 1 heterocycles. The quantitative estimate of drug-likeness (QED) is 0.370. The highest BCUT2D eigenvalue weighted by Gasteiger charge is 2.16. The highest BCUT2D eigenvalue weighted by molar-refractivity contribution is 7.16. The molecule has 2 aromatic carbocycles. The Morgan fingerprint density at radius 2 is 2.04 bits per heavy atom. The smallest absolute Gasteiger partial charge is 0.326 e. The van der Waals surface area contributed by atoms with Gasteiger partial charge in [0.25, 0.3) is 11.6 Å². The number of carbonyl (C=O) groups excluding carboxylic acids is 2. The highest BCUT2D eigenvalue weighted by Crippen LogP contribution is 2.21. The van der Waals surface area contributed by atoms with Crippen molar-refractivity contribution in [1.29, 1.82) is 0 Å². The predicted molar refractivity (Wildman–Crippen MR) is 99.4 cm³/mol. The van der Waals surface area contributed by atoms with Gasteiger partial charge in [-0.1, -0.05) is 23.5 Å². The summed E-state index contributed by atoms with van der Waals surface area (Å²) >= 11 is 1.03. The third-order valence-corrected chi connectivity index (χ3v) is 4.79. The summed E-state index contributed by atoms with van der Waals surface area (Å²) < 4.78 is 21.0. The molecule has 0 radical (unpaired) electrons. The van der Waals surface area contributed by atoms with E-state index in [4.69, 9.17) is 4.74 Å². The van der Waals surface area contributed by atoms with Crippen LogP contribution < -0.4 is 4.80 Å². The molecule has 0 N–H and O–H groups in total. The molecule has 1 aromatic heterocycles. The molecule has 0 spiro atoms. The average molecular weight is 403 g/mol. The Balaban J connectivity index is 2.12. The van der Waals surface area contributed by atoms with Gasteiger partial charge in [-0.15, -0.1) is 0 Å². The summed E-state index contributed by atoms with van der Waals surface area (Å²) in [5.74, 6) is -1.91. The van der Waals surface area contributed by atoms with Crippen LogP contribution in [0.4, 0.5) is 10.1 Å². The van der Waals surface area contributed by atoms with Gasteiger partial charge in [0.1, 0.15) is 12.4 Å². The van der Waals surface area contributed by atoms with Crippen LogP contribution in [0.25, 0.3) is 10.2 Å². The number of benzene rings is 2. The summed E-state index contributed by atoms with van der Waals surface area (Å²) in [5, 5.41) is 10.9. The molecular weight excluding hydrogens is 389 g/mol. The average Bonchev–Trinajstić information content (AvgIpc) is 3.00. The third kappa shape index (κ3) is 3.96. The Hall–Kier alpha value is -3.40. The van der Waals surface area contributed by atoms with Gasteiger partial charge >= 0.3 is 5.97 Å². The molecule has 0 aliphatic carbocycles. The first kappa shape index (κ1) is 19.4. The standard InChI is InChI=1S/C18H14FN3O5S/c1-2-27-15(23)10-21-16-13(19)7-4-8-14(16)28-18(21)20-17(24)11-5-3-6-12(9-11)22(25)26/h3-9H,2,10H2,1H3. The Bertz CT molecular complexity index is 1150. The van der Waals surface area contributed by atoms with Crippen LogP contribution in [-0.4, -0.2) is 28.0 Å². The summed E-state index contributed by atoms with van der Waals surface area (Å²) in [6.07, 6.45) is 0. The van der Waals surface area contributed by atoms with Gasteiger partial charge in [0.05, 0.1) is 21.7 Å². The molecule has 0 saturated carbocycles. The zero-order chi connectivity index (χ0) is 20.3. The zero-order valence-electron chi connectivity index (χ0n) is 14.6. The lowest BCUT2D eigenvalue weighted by molar-refractivity contribution is -0.384. The van der Waals surface area contributed by atoms with Crippen molar-refractivity contribution in [2.24, 2.45) is 4.99 Å². The first-order valence-corrected chi connectivity index (χ1v) is 8.99. The monoisotopic (exact) mass is 403 g/mol. The molecule has 8 nitrogen and oxygen atoms in total. The number of esters is 1. The van der Waals surface area contributed by atoms with Gasteiger partial charge in [-0.25, -0.2) is 4.39 Å². The maximum atomic E-state index is 14.3. The number of nitro groups is 1. The first-order chi connectivity index (χ1) is 13.4. The van der Waals surface area contributed by atoms with Gasteiger partial charge in [-0.05, 0) is 25.1 Å². The molecular formula is C18H14FN3O5S. The van der Waals surface area contributed by atoms with Gasteiger partial charge in [-0.3, -0.25) is 19.7 Å². The molecule has 3 aromatic rings. The fourth-order valence-corrected chi connectivity index (χ4v) is 3.60. The number of rotatable bonds is 5. The number of aromatic nitrogens is 1. The van der Waals surface area contributed by atoms with Gasteiger partial charge in [0.15, 0.2) is 4.80 Å². The van der Waals surface area contributed by atoms with E-state index in [0.717, 1.165) is 17.4 Å². The molecule has 10 heteroatoms. The summed E-state index contributed by atoms with van der Waals surface area (Å²) in [7, 11) is 0. The molecule has 28 heavy (non-hydrogen) atoms. The Morgan fingerprint density at radius 1 is 1.29 bits per heavy atom. The molecule has 0 aliphatic heterocycles. The number of halogens is 1. The number of para-hydroxylation sites is 1. The van der Waals surface area contributed by atoms with E-state index in [2.05, 4.69) is 4.99 Å². The minimum Gasteiger partial charge on any atom is -0.465 e. The molecule has 0 saturated heterocycles. The molecule has 0 bridgehead atoms. The van der Waals surface area contributed by atoms with Crippen LogP contribution in [0.1, 0.15) is 17.3 Å². The molecule has 144 valence electrons. The van der Waals surface area contributed by atoms with Gasteiger partial charge < -0.3 is 9.30 Å². The summed E-state index contributed by atoms with van der Waals surface area (Å²) in [5.41, 5.74) is -0.108. The topological polar surface area (TPSA) is 104 Å². The minimum absolute atomic E-state index is 0.00909. The summed E-state index contributed by atoms with van der Waals surface area (Å²) in [4.78, 5) is 38.8. The van der Waals surface area contributed by atoms with E-state index >= 15 is 0 Å². The van der Waals surface area contributed by atoms with E-state index in [1.165, 1.54) is 34.9 Å². The van der Waals surface area contributed by atoms with Gasteiger partial charge in [0.2, 0.25) is 0 Å². The number of fused-ring (bicyclic) bond motifs is 1. The van der Waals surface area contributed by atoms with Crippen molar-refractivity contribution in [3.8, 4) is 0 Å². The fraction of sp³-hybridized carbons (Fsp3) is 0.167. The van der Waals surface area contributed by atoms with E-state index in [9.17, 15) is 24.1 Å². The number of ether oxygens (including phenoxy) is 1. The number of amides is 1. The number of thiazole rings is 1. The van der Waals surface area contributed by atoms with Crippen molar-refractivity contribution in [3.05, 3.63) is 68.8 Å². The van der Waals surface area contributed by atoms with Crippen LogP contribution in [0.5, 0.6) is 0 Å². The normalized spacial score (nSPS) is 11.6. The van der Waals surface area contributed by atoms with E-state index in [0.29, 0.717) is 4.70 Å². The Kier molecular flexibility index (Phi) is 5.59. The molecule has 3 rings (SSSR count). The first-order valence-electron chi connectivity index (χ1n) is 8.17. The van der Waals surface area contributed by atoms with Crippen molar-refractivity contribution in [3.63, 3.8) is 0 Å². The van der Waals surface area contributed by atoms with Crippen molar-refractivity contribution in [2.45, 2.75) is 13.5 Å². The number of nitrogens with zero attached hydrogens (tertiary/aromatic N) is 3. The summed E-state index contributed by atoms with van der Waals surface area (Å²) in [6.45, 7) is 1.48. The summed E-state index contributed by atoms with van der Waals surface area (Å²) in [6, 6.07) is 9.52. The second kappa shape index (κ2) is 8.09. The fourth-order valence-electron chi connectivity index (χ4n) is 2.56. The number of carbonyl (C=O) groups is 2. The zero-order valence-corrected chi connectivity index (χ0v) is 15.4. The van der Waals surface area contributed by atoms with Crippen LogP contribution in [0.3, 0.4) is 0 Å². The van der Waals surface area contributed by atoms with E-state index in [1.807, 2.05) is 0 Å². The van der Waals surface area contributed by atoms with Gasteiger partial charge in [0, 0.05) is 17.7 Å².